The molecular weight excluding hydrogens is 350 g/mol. The van der Waals surface area contributed by atoms with Crippen LogP contribution in [0.5, 0.6) is 0 Å². The lowest BCUT2D eigenvalue weighted by atomic mass is 10.3. The number of esters is 1. The van der Waals surface area contributed by atoms with Crippen LogP contribution in [0.3, 0.4) is 0 Å². The molecule has 8 heteroatoms. The molecule has 7 nitrogen and oxygen atoms in total. The van der Waals surface area contributed by atoms with Gasteiger partial charge in [-0.3, -0.25) is 0 Å². The van der Waals surface area contributed by atoms with Crippen LogP contribution < -0.4 is 0 Å². The first-order valence-electron chi connectivity index (χ1n) is 7.89. The molecule has 0 spiro atoms. The lowest BCUT2D eigenvalue weighted by Gasteiger charge is -2.00. The van der Waals surface area contributed by atoms with Crippen molar-refractivity contribution in [2.75, 3.05) is 7.11 Å². The minimum Gasteiger partial charge on any atom is -0.465 e. The molecule has 1 aromatic carbocycles. The van der Waals surface area contributed by atoms with E-state index in [-0.39, 0.29) is 0 Å². The van der Waals surface area contributed by atoms with E-state index in [1.807, 2.05) is 47.1 Å². The van der Waals surface area contributed by atoms with Gasteiger partial charge in [0.05, 0.1) is 18.5 Å². The lowest BCUT2D eigenvalue weighted by molar-refractivity contribution is 0.0602. The quantitative estimate of drug-likeness (QED) is 0.400. The third-order valence-corrected chi connectivity index (χ3v) is 4.66. The maximum atomic E-state index is 11.8. The Bertz CT molecular complexity index is 1060. The molecule has 0 saturated carbocycles. The van der Waals surface area contributed by atoms with E-state index in [0.29, 0.717) is 22.1 Å². The standard InChI is InChI=1S/C18H15N5O2S/c1-25-17(24)15-8-5-9-22-10-13(20-16(15)22)11-26-18-19-12-23(21-18)14-6-3-2-4-7-14/h2-10,12H,11H2,1H3. The molecule has 0 aliphatic rings. The van der Waals surface area contributed by atoms with Gasteiger partial charge in [0, 0.05) is 18.1 Å². The van der Waals surface area contributed by atoms with Crippen molar-refractivity contribution < 1.29 is 9.53 Å². The number of nitrogens with zero attached hydrogens (tertiary/aromatic N) is 5. The average Bonchev–Trinajstić information content (AvgIpc) is 3.32. The normalized spacial score (nSPS) is 11.0. The number of rotatable bonds is 5. The summed E-state index contributed by atoms with van der Waals surface area (Å²) in [5.74, 6) is 0.199. The van der Waals surface area contributed by atoms with Crippen LogP contribution in [0.1, 0.15) is 16.1 Å². The highest BCUT2D eigenvalue weighted by Crippen LogP contribution is 2.21. The smallest absolute Gasteiger partial charge is 0.341 e. The SMILES string of the molecule is COC(=O)c1cccn2cc(CSc3ncn(-c4ccccc4)n3)nc12. The van der Waals surface area contributed by atoms with Crippen molar-refractivity contribution in [1.82, 2.24) is 24.1 Å². The number of methoxy groups -OCH3 is 1. The predicted octanol–water partition coefficient (Wildman–Crippen LogP) is 2.99. The Labute approximate surface area is 153 Å². The Kier molecular flexibility index (Phi) is 4.40. The van der Waals surface area contributed by atoms with Gasteiger partial charge < -0.3 is 9.14 Å². The second-order valence-corrected chi connectivity index (χ2v) is 6.41. The second kappa shape index (κ2) is 7.01. The number of pyridine rings is 1. The molecule has 0 unspecified atom stereocenters. The van der Waals surface area contributed by atoms with E-state index in [1.165, 1.54) is 18.9 Å². The largest absolute Gasteiger partial charge is 0.465 e. The minimum absolute atomic E-state index is 0.399. The van der Waals surface area contributed by atoms with E-state index in [2.05, 4.69) is 15.1 Å². The molecule has 0 atom stereocenters. The highest BCUT2D eigenvalue weighted by molar-refractivity contribution is 7.98. The van der Waals surface area contributed by atoms with Crippen LogP contribution in [0.4, 0.5) is 0 Å². The summed E-state index contributed by atoms with van der Waals surface area (Å²) in [5.41, 5.74) is 2.82. The fourth-order valence-electron chi connectivity index (χ4n) is 2.56. The third-order valence-electron chi connectivity index (χ3n) is 3.78. The predicted molar refractivity (Wildman–Crippen MR) is 97.5 cm³/mol. The monoisotopic (exact) mass is 365 g/mol. The average molecular weight is 365 g/mol. The van der Waals surface area contributed by atoms with Crippen molar-refractivity contribution in [3.05, 3.63) is 72.4 Å². The summed E-state index contributed by atoms with van der Waals surface area (Å²) in [6.45, 7) is 0. The maximum Gasteiger partial charge on any atom is 0.341 e. The molecule has 3 heterocycles. The van der Waals surface area contributed by atoms with Crippen molar-refractivity contribution in [2.24, 2.45) is 0 Å². The van der Waals surface area contributed by atoms with Gasteiger partial charge in [0.1, 0.15) is 11.9 Å². The summed E-state index contributed by atoms with van der Waals surface area (Å²) in [6.07, 6.45) is 5.44. The van der Waals surface area contributed by atoms with Gasteiger partial charge in [-0.05, 0) is 24.3 Å². The van der Waals surface area contributed by atoms with Crippen LogP contribution >= 0.6 is 11.8 Å². The van der Waals surface area contributed by atoms with E-state index >= 15 is 0 Å². The minimum atomic E-state index is -0.399. The second-order valence-electron chi connectivity index (χ2n) is 5.47. The third kappa shape index (κ3) is 3.18. The topological polar surface area (TPSA) is 74.3 Å². The lowest BCUT2D eigenvalue weighted by Crippen LogP contribution is -2.03. The number of ether oxygens (including phenoxy) is 1. The van der Waals surface area contributed by atoms with Crippen LogP contribution in [-0.2, 0) is 10.5 Å². The Hall–Kier alpha value is -3.13. The summed E-state index contributed by atoms with van der Waals surface area (Å²) in [5, 5.41) is 5.13. The number of imidazole rings is 1. The van der Waals surface area contributed by atoms with Crippen LogP contribution in [-0.4, -0.2) is 37.2 Å². The zero-order valence-electron chi connectivity index (χ0n) is 13.9. The van der Waals surface area contributed by atoms with Crippen molar-refractivity contribution in [3.8, 4) is 5.69 Å². The molecular formula is C18H15N5O2S. The summed E-state index contributed by atoms with van der Waals surface area (Å²) in [6, 6.07) is 13.3. The van der Waals surface area contributed by atoms with Gasteiger partial charge >= 0.3 is 5.97 Å². The van der Waals surface area contributed by atoms with Gasteiger partial charge in [-0.1, -0.05) is 30.0 Å². The van der Waals surface area contributed by atoms with Gasteiger partial charge in [0.25, 0.3) is 0 Å². The van der Waals surface area contributed by atoms with Crippen LogP contribution in [0.15, 0.2) is 66.3 Å². The molecule has 0 aliphatic carbocycles. The highest BCUT2D eigenvalue weighted by atomic mass is 32.2. The molecule has 0 aliphatic heterocycles. The highest BCUT2D eigenvalue weighted by Gasteiger charge is 2.14. The van der Waals surface area contributed by atoms with Gasteiger partial charge in [-0.2, -0.15) is 0 Å². The van der Waals surface area contributed by atoms with E-state index in [9.17, 15) is 4.79 Å². The molecule has 130 valence electrons. The van der Waals surface area contributed by atoms with Crippen molar-refractivity contribution >= 4 is 23.4 Å². The number of carbonyl (C=O) groups excluding carboxylic acids is 1. The Morgan fingerprint density at radius 2 is 2.04 bits per heavy atom. The molecule has 0 amide bonds. The molecule has 0 saturated heterocycles. The number of para-hydroxylation sites is 1. The van der Waals surface area contributed by atoms with Crippen LogP contribution in [0.25, 0.3) is 11.3 Å². The first kappa shape index (κ1) is 16.3. The van der Waals surface area contributed by atoms with Crippen molar-refractivity contribution in [1.29, 1.82) is 0 Å². The number of aromatic nitrogens is 5. The van der Waals surface area contributed by atoms with Gasteiger partial charge in [-0.15, -0.1) is 5.10 Å². The van der Waals surface area contributed by atoms with Gasteiger partial charge in [0.15, 0.2) is 5.65 Å². The number of hydrogen-bond acceptors (Lipinski definition) is 6. The van der Waals surface area contributed by atoms with Crippen molar-refractivity contribution in [2.45, 2.75) is 10.9 Å². The molecule has 4 aromatic rings. The summed E-state index contributed by atoms with van der Waals surface area (Å²) in [4.78, 5) is 20.7. The molecule has 0 radical (unpaired) electrons. The van der Waals surface area contributed by atoms with E-state index in [0.717, 1.165) is 11.4 Å². The fraction of sp³-hybridized carbons (Fsp3) is 0.111. The molecule has 0 fully saturated rings. The molecule has 3 aromatic heterocycles. The number of carbonyl (C=O) groups is 1. The van der Waals surface area contributed by atoms with E-state index < -0.39 is 5.97 Å². The van der Waals surface area contributed by atoms with E-state index in [1.54, 1.807) is 23.1 Å². The summed E-state index contributed by atoms with van der Waals surface area (Å²) in [7, 11) is 1.36. The molecule has 4 rings (SSSR count). The van der Waals surface area contributed by atoms with E-state index in [4.69, 9.17) is 4.74 Å². The first-order chi connectivity index (χ1) is 12.7. The van der Waals surface area contributed by atoms with Gasteiger partial charge in [-0.25, -0.2) is 19.4 Å². The number of benzene rings is 1. The van der Waals surface area contributed by atoms with Gasteiger partial charge in [0.2, 0.25) is 5.16 Å². The zero-order chi connectivity index (χ0) is 17.9. The Morgan fingerprint density at radius 3 is 2.85 bits per heavy atom. The number of hydrogen-bond donors (Lipinski definition) is 0. The summed E-state index contributed by atoms with van der Waals surface area (Å²) >= 11 is 1.49. The molecule has 0 bridgehead atoms. The first-order valence-corrected chi connectivity index (χ1v) is 8.88. The van der Waals surface area contributed by atoms with Crippen LogP contribution in [0, 0.1) is 0 Å². The maximum absolute atomic E-state index is 11.8. The van der Waals surface area contributed by atoms with Crippen LogP contribution in [0.2, 0.25) is 0 Å². The zero-order valence-corrected chi connectivity index (χ0v) is 14.8. The van der Waals surface area contributed by atoms with Crippen molar-refractivity contribution in [3.63, 3.8) is 0 Å². The fourth-order valence-corrected chi connectivity index (χ4v) is 3.24. The number of thioether (sulfide) groups is 1. The summed E-state index contributed by atoms with van der Waals surface area (Å²) < 4.78 is 8.36. The number of fused-ring (bicyclic) bond motifs is 1. The Balaban J connectivity index is 1.52. The molecule has 26 heavy (non-hydrogen) atoms. The Morgan fingerprint density at radius 1 is 1.19 bits per heavy atom. The molecule has 0 N–H and O–H groups in total.